The number of piperidine rings is 1. The highest BCUT2D eigenvalue weighted by Gasteiger charge is 2.32. The van der Waals surface area contributed by atoms with E-state index in [1.54, 1.807) is 6.20 Å². The van der Waals surface area contributed by atoms with E-state index in [9.17, 15) is 8.42 Å². The molecule has 2 aromatic rings. The monoisotopic (exact) mass is 323 g/mol. The topological polar surface area (TPSA) is 92.4 Å². The molecule has 1 fully saturated rings. The van der Waals surface area contributed by atoms with Crippen LogP contribution in [0, 0.1) is 0 Å². The van der Waals surface area contributed by atoms with Crippen LogP contribution in [0.4, 0.5) is 5.82 Å². The number of rotatable bonds is 4. The van der Waals surface area contributed by atoms with Crippen LogP contribution >= 0.6 is 0 Å². The second kappa shape index (κ2) is 6.01. The van der Waals surface area contributed by atoms with Gasteiger partial charge < -0.3 is 9.42 Å². The summed E-state index contributed by atoms with van der Waals surface area (Å²) in [6.45, 7) is 0.932. The van der Waals surface area contributed by atoms with Gasteiger partial charge in [0.2, 0.25) is 10.0 Å². The van der Waals surface area contributed by atoms with Crippen molar-refractivity contribution in [2.24, 2.45) is 0 Å². The van der Waals surface area contributed by atoms with Crippen molar-refractivity contribution in [1.82, 2.24) is 19.4 Å². The van der Waals surface area contributed by atoms with Gasteiger partial charge in [0.1, 0.15) is 23.3 Å². The fourth-order valence-corrected chi connectivity index (χ4v) is 3.95. The lowest BCUT2D eigenvalue weighted by Gasteiger charge is -2.36. The van der Waals surface area contributed by atoms with Crippen LogP contribution in [0.2, 0.25) is 0 Å². The molecule has 2 aromatic heterocycles. The Morgan fingerprint density at radius 2 is 2.14 bits per heavy atom. The zero-order chi connectivity index (χ0) is 15.6. The molecule has 9 heteroatoms. The molecule has 22 heavy (non-hydrogen) atoms. The summed E-state index contributed by atoms with van der Waals surface area (Å²) >= 11 is 0. The predicted molar refractivity (Wildman–Crippen MR) is 78.7 cm³/mol. The number of aromatic nitrogens is 3. The maximum Gasteiger partial charge on any atom is 0.247 e. The highest BCUT2D eigenvalue weighted by Crippen LogP contribution is 2.24. The van der Waals surface area contributed by atoms with Crippen LogP contribution in [0.3, 0.4) is 0 Å². The number of hydrogen-bond acceptors (Lipinski definition) is 7. The number of nitrogens with zero attached hydrogens (tertiary/aromatic N) is 5. The minimum atomic E-state index is -3.50. The van der Waals surface area contributed by atoms with E-state index in [1.807, 2.05) is 13.1 Å². The van der Waals surface area contributed by atoms with Crippen LogP contribution in [0.15, 0.2) is 40.5 Å². The molecule has 8 nitrogen and oxygen atoms in total. The summed E-state index contributed by atoms with van der Waals surface area (Å²) in [7, 11) is -1.53. The molecular weight excluding hydrogens is 306 g/mol. The van der Waals surface area contributed by atoms with Gasteiger partial charge in [-0.1, -0.05) is 5.16 Å². The summed E-state index contributed by atoms with van der Waals surface area (Å²) in [5, 5.41) is 3.46. The van der Waals surface area contributed by atoms with Gasteiger partial charge in [0.05, 0.1) is 6.20 Å². The summed E-state index contributed by atoms with van der Waals surface area (Å²) in [6.07, 6.45) is 7.08. The Kier molecular flexibility index (Phi) is 4.08. The van der Waals surface area contributed by atoms with Gasteiger partial charge in [0.15, 0.2) is 0 Å². The molecule has 0 unspecified atom stereocenters. The van der Waals surface area contributed by atoms with Gasteiger partial charge in [-0.3, -0.25) is 0 Å². The van der Waals surface area contributed by atoms with Crippen molar-refractivity contribution in [2.45, 2.75) is 23.8 Å². The molecule has 3 heterocycles. The van der Waals surface area contributed by atoms with E-state index in [1.165, 1.54) is 16.8 Å². The highest BCUT2D eigenvalue weighted by atomic mass is 32.2. The maximum absolute atomic E-state index is 12.4. The number of anilines is 1. The first-order valence-corrected chi connectivity index (χ1v) is 8.41. The van der Waals surface area contributed by atoms with Gasteiger partial charge in [-0.15, -0.1) is 0 Å². The van der Waals surface area contributed by atoms with E-state index in [0.29, 0.717) is 13.1 Å². The Bertz CT molecular complexity index is 697. The standard InChI is InChI=1S/C13H17N5O3S/c1-17(13-2-5-14-10-15-13)11-3-6-18(7-4-11)22(19,20)12-8-16-21-9-12/h2,5,8-11H,3-4,6-7H2,1H3. The molecule has 0 bridgehead atoms. The van der Waals surface area contributed by atoms with Crippen LogP contribution in [0.5, 0.6) is 0 Å². The van der Waals surface area contributed by atoms with Gasteiger partial charge in [-0.05, 0) is 18.9 Å². The van der Waals surface area contributed by atoms with E-state index in [0.717, 1.165) is 24.9 Å². The second-order valence-electron chi connectivity index (χ2n) is 5.17. The summed E-state index contributed by atoms with van der Waals surface area (Å²) in [4.78, 5) is 10.3. The van der Waals surface area contributed by atoms with Crippen molar-refractivity contribution in [3.05, 3.63) is 31.1 Å². The quantitative estimate of drug-likeness (QED) is 0.820. The van der Waals surface area contributed by atoms with Crippen LogP contribution in [0.25, 0.3) is 0 Å². The number of hydrogen-bond donors (Lipinski definition) is 0. The maximum atomic E-state index is 12.4. The SMILES string of the molecule is CN(c1ccncn1)C1CCN(S(=O)(=O)c2cnoc2)CC1. The molecular formula is C13H17N5O3S. The van der Waals surface area contributed by atoms with Crippen molar-refractivity contribution in [3.63, 3.8) is 0 Å². The molecule has 0 aromatic carbocycles. The highest BCUT2D eigenvalue weighted by molar-refractivity contribution is 7.89. The van der Waals surface area contributed by atoms with Crippen molar-refractivity contribution in [3.8, 4) is 0 Å². The largest absolute Gasteiger partial charge is 0.363 e. The number of sulfonamides is 1. The van der Waals surface area contributed by atoms with Gasteiger partial charge in [0, 0.05) is 32.4 Å². The van der Waals surface area contributed by atoms with Crippen LogP contribution in [0.1, 0.15) is 12.8 Å². The van der Waals surface area contributed by atoms with Crippen LogP contribution < -0.4 is 4.90 Å². The van der Waals surface area contributed by atoms with Crippen LogP contribution in [-0.2, 0) is 10.0 Å². The summed E-state index contributed by atoms with van der Waals surface area (Å²) < 4.78 is 30.9. The van der Waals surface area contributed by atoms with E-state index >= 15 is 0 Å². The van der Waals surface area contributed by atoms with Crippen molar-refractivity contribution in [2.75, 3.05) is 25.0 Å². The fraction of sp³-hybridized carbons (Fsp3) is 0.462. The first-order valence-electron chi connectivity index (χ1n) is 6.97. The Balaban J connectivity index is 1.66. The molecule has 0 N–H and O–H groups in total. The lowest BCUT2D eigenvalue weighted by atomic mass is 10.1. The predicted octanol–water partition coefficient (Wildman–Crippen LogP) is 0.754. The molecule has 3 rings (SSSR count). The molecule has 0 radical (unpaired) electrons. The zero-order valence-corrected chi connectivity index (χ0v) is 13.0. The summed E-state index contributed by atoms with van der Waals surface area (Å²) in [5.74, 6) is 0.843. The fourth-order valence-electron chi connectivity index (χ4n) is 2.62. The molecule has 0 aliphatic carbocycles. The smallest absolute Gasteiger partial charge is 0.247 e. The van der Waals surface area contributed by atoms with Gasteiger partial charge in [-0.25, -0.2) is 18.4 Å². The summed E-state index contributed by atoms with van der Waals surface area (Å²) in [6, 6.07) is 2.10. The molecule has 0 spiro atoms. The van der Waals surface area contributed by atoms with Crippen molar-refractivity contribution >= 4 is 15.8 Å². The van der Waals surface area contributed by atoms with E-state index < -0.39 is 10.0 Å². The lowest BCUT2D eigenvalue weighted by Crippen LogP contribution is -2.45. The Hall–Kier alpha value is -2.00. The third-order valence-corrected chi connectivity index (χ3v) is 5.79. The van der Waals surface area contributed by atoms with Gasteiger partial charge in [0.25, 0.3) is 0 Å². The Labute approximate surface area is 128 Å². The molecule has 0 saturated carbocycles. The van der Waals surface area contributed by atoms with Crippen LogP contribution in [-0.4, -0.2) is 54.0 Å². The van der Waals surface area contributed by atoms with E-state index in [4.69, 9.17) is 0 Å². The average molecular weight is 323 g/mol. The molecule has 0 atom stereocenters. The Morgan fingerprint density at radius 1 is 1.36 bits per heavy atom. The first-order chi connectivity index (χ1) is 10.6. The normalized spacial score (nSPS) is 17.5. The lowest BCUT2D eigenvalue weighted by molar-refractivity contribution is 0.314. The third kappa shape index (κ3) is 2.81. The Morgan fingerprint density at radius 3 is 2.73 bits per heavy atom. The van der Waals surface area contributed by atoms with E-state index in [-0.39, 0.29) is 10.9 Å². The summed E-state index contributed by atoms with van der Waals surface area (Å²) in [5.41, 5.74) is 0. The third-order valence-electron chi connectivity index (χ3n) is 3.95. The first kappa shape index (κ1) is 14.9. The molecule has 1 aliphatic rings. The minimum Gasteiger partial charge on any atom is -0.363 e. The van der Waals surface area contributed by atoms with Crippen molar-refractivity contribution < 1.29 is 12.9 Å². The second-order valence-corrected chi connectivity index (χ2v) is 7.11. The molecule has 118 valence electrons. The molecule has 0 amide bonds. The van der Waals surface area contributed by atoms with Crippen molar-refractivity contribution in [1.29, 1.82) is 0 Å². The molecule has 1 aliphatic heterocycles. The van der Waals surface area contributed by atoms with E-state index in [2.05, 4.69) is 24.5 Å². The minimum absolute atomic E-state index is 0.107. The van der Waals surface area contributed by atoms with Gasteiger partial charge in [-0.2, -0.15) is 4.31 Å². The zero-order valence-electron chi connectivity index (χ0n) is 12.2. The van der Waals surface area contributed by atoms with Gasteiger partial charge >= 0.3 is 0 Å². The average Bonchev–Trinajstić information content (AvgIpc) is 3.10. The molecule has 1 saturated heterocycles.